The van der Waals surface area contributed by atoms with Crippen LogP contribution in [0.4, 0.5) is 4.79 Å². The van der Waals surface area contributed by atoms with Gasteiger partial charge in [-0.05, 0) is 33.1 Å². The van der Waals surface area contributed by atoms with Gasteiger partial charge < -0.3 is 20.1 Å². The van der Waals surface area contributed by atoms with E-state index < -0.39 is 5.97 Å². The number of urea groups is 1. The Morgan fingerprint density at radius 1 is 1.21 bits per heavy atom. The number of nitrogens with zero attached hydrogens (tertiary/aromatic N) is 1. The smallest absolute Gasteiger partial charge is 0.317 e. The lowest BCUT2D eigenvalue weighted by atomic mass is 10.1. The molecule has 0 bridgehead atoms. The van der Waals surface area contributed by atoms with E-state index in [0.717, 1.165) is 6.42 Å². The van der Waals surface area contributed by atoms with Crippen LogP contribution in [0.15, 0.2) is 0 Å². The predicted octanol–water partition coefficient (Wildman–Crippen LogP) is 1.06. The van der Waals surface area contributed by atoms with Crippen molar-refractivity contribution in [2.24, 2.45) is 5.92 Å². The molecule has 6 heteroatoms. The summed E-state index contributed by atoms with van der Waals surface area (Å²) in [4.78, 5) is 24.8. The van der Waals surface area contributed by atoms with Gasteiger partial charge in [-0.15, -0.1) is 0 Å². The molecule has 0 aromatic heterocycles. The van der Waals surface area contributed by atoms with Gasteiger partial charge in [-0.25, -0.2) is 4.79 Å². The number of ether oxygens (including phenoxy) is 1. The first-order chi connectivity index (χ1) is 8.95. The zero-order valence-corrected chi connectivity index (χ0v) is 11.5. The molecule has 2 aliphatic rings. The average molecular weight is 270 g/mol. The summed E-state index contributed by atoms with van der Waals surface area (Å²) in [7, 11) is 0. The first kappa shape index (κ1) is 14.1. The maximum atomic E-state index is 12.1. The highest BCUT2D eigenvalue weighted by atomic mass is 16.5. The van der Waals surface area contributed by atoms with Gasteiger partial charge in [0.2, 0.25) is 0 Å². The Bertz CT molecular complexity index is 351. The topological polar surface area (TPSA) is 78.9 Å². The van der Waals surface area contributed by atoms with E-state index in [0.29, 0.717) is 25.9 Å². The minimum atomic E-state index is -0.759. The minimum Gasteiger partial charge on any atom is -0.481 e. The lowest BCUT2D eigenvalue weighted by Gasteiger charge is -2.35. The molecule has 1 saturated heterocycles. The second kappa shape index (κ2) is 5.77. The van der Waals surface area contributed by atoms with E-state index in [1.807, 2.05) is 13.8 Å². The van der Waals surface area contributed by atoms with E-state index in [4.69, 9.17) is 9.84 Å². The molecule has 1 aliphatic heterocycles. The average Bonchev–Trinajstić information content (AvgIpc) is 2.76. The van der Waals surface area contributed by atoms with Crippen molar-refractivity contribution in [1.82, 2.24) is 10.2 Å². The Balaban J connectivity index is 1.83. The molecular weight excluding hydrogens is 248 g/mol. The molecule has 0 radical (unpaired) electrons. The van der Waals surface area contributed by atoms with Crippen LogP contribution in [0.25, 0.3) is 0 Å². The molecular formula is C13H22N2O4. The van der Waals surface area contributed by atoms with Gasteiger partial charge in [0.25, 0.3) is 0 Å². The number of hydrogen-bond donors (Lipinski definition) is 2. The molecule has 19 heavy (non-hydrogen) atoms. The van der Waals surface area contributed by atoms with Crippen LogP contribution in [0.2, 0.25) is 0 Å². The fourth-order valence-electron chi connectivity index (χ4n) is 2.95. The summed E-state index contributed by atoms with van der Waals surface area (Å²) in [6.45, 7) is 5.08. The number of rotatable bonds is 2. The van der Waals surface area contributed by atoms with Gasteiger partial charge in [0.15, 0.2) is 0 Å². The van der Waals surface area contributed by atoms with E-state index in [1.54, 1.807) is 4.90 Å². The number of nitrogens with one attached hydrogen (secondary N) is 1. The van der Waals surface area contributed by atoms with Crippen LogP contribution in [-0.4, -0.2) is 53.3 Å². The maximum absolute atomic E-state index is 12.1. The fourth-order valence-corrected chi connectivity index (χ4v) is 2.95. The van der Waals surface area contributed by atoms with Crippen molar-refractivity contribution in [3.05, 3.63) is 0 Å². The third-order valence-corrected chi connectivity index (χ3v) is 3.82. The summed E-state index contributed by atoms with van der Waals surface area (Å²) >= 11 is 0. The van der Waals surface area contributed by atoms with E-state index in [-0.39, 0.29) is 30.2 Å². The van der Waals surface area contributed by atoms with Gasteiger partial charge in [-0.3, -0.25) is 4.79 Å². The molecule has 1 heterocycles. The first-order valence-electron chi connectivity index (χ1n) is 6.89. The van der Waals surface area contributed by atoms with E-state index >= 15 is 0 Å². The molecule has 1 saturated carbocycles. The second-order valence-corrected chi connectivity index (χ2v) is 5.66. The number of amides is 2. The predicted molar refractivity (Wildman–Crippen MR) is 68.9 cm³/mol. The van der Waals surface area contributed by atoms with E-state index in [1.165, 1.54) is 0 Å². The van der Waals surface area contributed by atoms with Crippen molar-refractivity contribution in [3.8, 4) is 0 Å². The van der Waals surface area contributed by atoms with Gasteiger partial charge in [0.05, 0.1) is 18.1 Å². The standard InChI is InChI=1S/C13H22N2O4/c1-8-6-15(7-9(2)19-8)13(18)14-11-4-3-10(5-11)12(16)17/h8-11H,3-7H2,1-2H3,(H,14,18)(H,16,17)/t8-,9+,10-,11+/m1/s1. The number of hydrogen-bond acceptors (Lipinski definition) is 3. The van der Waals surface area contributed by atoms with Crippen molar-refractivity contribution < 1.29 is 19.4 Å². The highest BCUT2D eigenvalue weighted by Gasteiger charge is 2.32. The zero-order valence-electron chi connectivity index (χ0n) is 11.5. The molecule has 2 fully saturated rings. The molecule has 2 N–H and O–H groups in total. The quantitative estimate of drug-likeness (QED) is 0.786. The van der Waals surface area contributed by atoms with Crippen LogP contribution in [0.1, 0.15) is 33.1 Å². The van der Waals surface area contributed by atoms with Crippen molar-refractivity contribution in [2.75, 3.05) is 13.1 Å². The second-order valence-electron chi connectivity index (χ2n) is 5.66. The summed E-state index contributed by atoms with van der Waals surface area (Å²) in [5.41, 5.74) is 0. The number of morpholine rings is 1. The third-order valence-electron chi connectivity index (χ3n) is 3.82. The van der Waals surface area contributed by atoms with Crippen LogP contribution in [0.3, 0.4) is 0 Å². The molecule has 0 aromatic rings. The normalized spacial score (nSPS) is 35.2. The van der Waals surface area contributed by atoms with Crippen LogP contribution >= 0.6 is 0 Å². The lowest BCUT2D eigenvalue weighted by Crippen LogP contribution is -2.53. The number of carboxylic acid groups (broad SMARTS) is 1. The zero-order chi connectivity index (χ0) is 14.0. The van der Waals surface area contributed by atoms with Gasteiger partial charge in [0.1, 0.15) is 0 Å². The molecule has 0 unspecified atom stereocenters. The minimum absolute atomic E-state index is 0.0120. The van der Waals surface area contributed by atoms with Crippen molar-refractivity contribution >= 4 is 12.0 Å². The fraction of sp³-hybridized carbons (Fsp3) is 0.846. The van der Waals surface area contributed by atoms with Crippen molar-refractivity contribution in [3.63, 3.8) is 0 Å². The summed E-state index contributed by atoms with van der Waals surface area (Å²) in [5, 5.41) is 11.9. The lowest BCUT2D eigenvalue weighted by molar-refractivity contribution is -0.141. The molecule has 4 atom stereocenters. The van der Waals surface area contributed by atoms with E-state index in [9.17, 15) is 9.59 Å². The largest absolute Gasteiger partial charge is 0.481 e. The molecule has 108 valence electrons. The summed E-state index contributed by atoms with van der Waals surface area (Å²) < 4.78 is 5.59. The van der Waals surface area contributed by atoms with Crippen molar-refractivity contribution in [2.45, 2.75) is 51.4 Å². The van der Waals surface area contributed by atoms with Gasteiger partial charge in [0, 0.05) is 19.1 Å². The van der Waals surface area contributed by atoms with Gasteiger partial charge in [-0.1, -0.05) is 0 Å². The van der Waals surface area contributed by atoms with Crippen LogP contribution in [0, 0.1) is 5.92 Å². The number of carbonyl (C=O) groups is 2. The third kappa shape index (κ3) is 3.59. The Labute approximate surface area is 113 Å². The molecule has 2 amide bonds. The Morgan fingerprint density at radius 2 is 1.84 bits per heavy atom. The first-order valence-corrected chi connectivity index (χ1v) is 6.89. The number of carboxylic acids is 1. The van der Waals surface area contributed by atoms with Crippen LogP contribution < -0.4 is 5.32 Å². The number of carbonyl (C=O) groups excluding carboxylic acids is 1. The monoisotopic (exact) mass is 270 g/mol. The molecule has 0 spiro atoms. The maximum Gasteiger partial charge on any atom is 0.317 e. The number of aliphatic carboxylic acids is 1. The highest BCUT2D eigenvalue weighted by Crippen LogP contribution is 2.26. The molecule has 6 nitrogen and oxygen atoms in total. The summed E-state index contributed by atoms with van der Waals surface area (Å²) in [6, 6.07) is -0.111. The Morgan fingerprint density at radius 3 is 2.37 bits per heavy atom. The van der Waals surface area contributed by atoms with Gasteiger partial charge >= 0.3 is 12.0 Å². The molecule has 1 aliphatic carbocycles. The van der Waals surface area contributed by atoms with Crippen LogP contribution in [0.5, 0.6) is 0 Å². The Hall–Kier alpha value is -1.30. The highest BCUT2D eigenvalue weighted by molar-refractivity contribution is 5.75. The summed E-state index contributed by atoms with van der Waals surface area (Å²) in [6.07, 6.45) is 2.03. The van der Waals surface area contributed by atoms with Crippen molar-refractivity contribution in [1.29, 1.82) is 0 Å². The molecule has 0 aromatic carbocycles. The summed E-state index contributed by atoms with van der Waals surface area (Å²) in [5.74, 6) is -1.07. The molecule has 2 rings (SSSR count). The van der Waals surface area contributed by atoms with Crippen LogP contribution in [-0.2, 0) is 9.53 Å². The van der Waals surface area contributed by atoms with E-state index in [2.05, 4.69) is 5.32 Å². The SMILES string of the molecule is C[C@@H]1CN(C(=O)N[C@H]2CC[C@@H](C(=O)O)C2)C[C@H](C)O1. The Kier molecular flexibility index (Phi) is 4.29. The van der Waals surface area contributed by atoms with Gasteiger partial charge in [-0.2, -0.15) is 0 Å².